The van der Waals surface area contributed by atoms with Gasteiger partial charge in [-0.15, -0.1) is 0 Å². The first-order valence-corrected chi connectivity index (χ1v) is 8.95. The molecule has 2 aromatic rings. The van der Waals surface area contributed by atoms with E-state index in [0.717, 1.165) is 18.5 Å². The molecule has 26 heavy (non-hydrogen) atoms. The SMILES string of the molecule is COc1ccc(Nc2ccc(C(=O)NC3CCCCC3)cn2)cc1OC. The van der Waals surface area contributed by atoms with E-state index in [2.05, 4.69) is 15.6 Å². The molecule has 6 nitrogen and oxygen atoms in total. The predicted octanol–water partition coefficient (Wildman–Crippen LogP) is 3.90. The molecule has 1 aromatic heterocycles. The van der Waals surface area contributed by atoms with Crippen LogP contribution in [0, 0.1) is 0 Å². The highest BCUT2D eigenvalue weighted by atomic mass is 16.5. The van der Waals surface area contributed by atoms with Gasteiger partial charge in [0.15, 0.2) is 11.5 Å². The van der Waals surface area contributed by atoms with Gasteiger partial charge >= 0.3 is 0 Å². The van der Waals surface area contributed by atoms with E-state index in [-0.39, 0.29) is 5.91 Å². The van der Waals surface area contributed by atoms with Crippen molar-refractivity contribution >= 4 is 17.4 Å². The molecule has 1 saturated carbocycles. The third kappa shape index (κ3) is 4.45. The molecule has 0 radical (unpaired) electrons. The molecule has 1 amide bonds. The van der Waals surface area contributed by atoms with E-state index in [0.29, 0.717) is 28.9 Å². The second kappa shape index (κ2) is 8.56. The summed E-state index contributed by atoms with van der Waals surface area (Å²) in [5, 5.41) is 6.30. The summed E-state index contributed by atoms with van der Waals surface area (Å²) in [5.74, 6) is 1.91. The van der Waals surface area contributed by atoms with Crippen LogP contribution in [0.3, 0.4) is 0 Å². The summed E-state index contributed by atoms with van der Waals surface area (Å²) < 4.78 is 10.5. The third-order valence-corrected chi connectivity index (χ3v) is 4.62. The molecule has 0 spiro atoms. The molecule has 0 unspecified atom stereocenters. The standard InChI is InChI=1S/C20H25N3O3/c1-25-17-10-9-16(12-18(17)26-2)22-19-11-8-14(13-21-19)20(24)23-15-6-4-3-5-7-15/h8-13,15H,3-7H2,1-2H3,(H,21,22)(H,23,24). The average Bonchev–Trinajstić information content (AvgIpc) is 2.69. The first-order chi connectivity index (χ1) is 12.7. The summed E-state index contributed by atoms with van der Waals surface area (Å²) in [4.78, 5) is 16.7. The molecule has 1 fully saturated rings. The van der Waals surface area contributed by atoms with Gasteiger partial charge in [0.1, 0.15) is 5.82 Å². The lowest BCUT2D eigenvalue weighted by Gasteiger charge is -2.22. The Morgan fingerprint density at radius 3 is 2.46 bits per heavy atom. The molecule has 1 aromatic carbocycles. The first-order valence-electron chi connectivity index (χ1n) is 8.95. The van der Waals surface area contributed by atoms with Crippen molar-refractivity contribution in [1.82, 2.24) is 10.3 Å². The van der Waals surface area contributed by atoms with E-state index in [9.17, 15) is 4.79 Å². The van der Waals surface area contributed by atoms with Crippen molar-refractivity contribution in [3.8, 4) is 11.5 Å². The van der Waals surface area contributed by atoms with Crippen molar-refractivity contribution < 1.29 is 14.3 Å². The lowest BCUT2D eigenvalue weighted by molar-refractivity contribution is 0.0927. The lowest BCUT2D eigenvalue weighted by Crippen LogP contribution is -2.36. The zero-order valence-electron chi connectivity index (χ0n) is 15.2. The number of aromatic nitrogens is 1. The summed E-state index contributed by atoms with van der Waals surface area (Å²) in [7, 11) is 3.20. The van der Waals surface area contributed by atoms with Crippen LogP contribution in [0.2, 0.25) is 0 Å². The molecule has 1 heterocycles. The Balaban J connectivity index is 1.63. The largest absolute Gasteiger partial charge is 0.493 e. The van der Waals surface area contributed by atoms with Crippen LogP contribution < -0.4 is 20.1 Å². The normalized spacial score (nSPS) is 14.5. The molecule has 1 aliphatic carbocycles. The summed E-state index contributed by atoms with van der Waals surface area (Å²) in [6.07, 6.45) is 7.39. The zero-order valence-corrected chi connectivity index (χ0v) is 15.2. The van der Waals surface area contributed by atoms with Gasteiger partial charge in [-0.1, -0.05) is 19.3 Å². The minimum atomic E-state index is -0.0536. The van der Waals surface area contributed by atoms with E-state index in [1.165, 1.54) is 19.3 Å². The smallest absolute Gasteiger partial charge is 0.253 e. The number of ether oxygens (including phenoxy) is 2. The Morgan fingerprint density at radius 1 is 1.04 bits per heavy atom. The molecule has 2 N–H and O–H groups in total. The van der Waals surface area contributed by atoms with Crippen LogP contribution in [0.5, 0.6) is 11.5 Å². The molecule has 1 aliphatic rings. The van der Waals surface area contributed by atoms with Gasteiger partial charge in [0.2, 0.25) is 0 Å². The second-order valence-electron chi connectivity index (χ2n) is 6.44. The van der Waals surface area contributed by atoms with Gasteiger partial charge in [0, 0.05) is 24.0 Å². The maximum atomic E-state index is 12.3. The summed E-state index contributed by atoms with van der Waals surface area (Å²) >= 11 is 0. The van der Waals surface area contributed by atoms with Crippen molar-refractivity contribution in [1.29, 1.82) is 0 Å². The number of methoxy groups -OCH3 is 2. The number of nitrogens with one attached hydrogen (secondary N) is 2. The highest BCUT2D eigenvalue weighted by molar-refractivity contribution is 5.94. The van der Waals surface area contributed by atoms with Crippen LogP contribution in [0.1, 0.15) is 42.5 Å². The number of hydrogen-bond donors (Lipinski definition) is 2. The topological polar surface area (TPSA) is 72.5 Å². The van der Waals surface area contributed by atoms with Gasteiger partial charge in [-0.2, -0.15) is 0 Å². The fraction of sp³-hybridized carbons (Fsp3) is 0.400. The minimum Gasteiger partial charge on any atom is -0.493 e. The quantitative estimate of drug-likeness (QED) is 0.822. The summed E-state index contributed by atoms with van der Waals surface area (Å²) in [5.41, 5.74) is 1.41. The molecule has 3 rings (SSSR count). The van der Waals surface area contributed by atoms with E-state index in [1.54, 1.807) is 32.5 Å². The van der Waals surface area contributed by atoms with E-state index >= 15 is 0 Å². The number of pyridine rings is 1. The molecule has 138 valence electrons. The first kappa shape index (κ1) is 18.0. The third-order valence-electron chi connectivity index (χ3n) is 4.62. The molecule has 0 saturated heterocycles. The van der Waals surface area contributed by atoms with Gasteiger partial charge in [-0.05, 0) is 37.1 Å². The molecule has 0 aliphatic heterocycles. The summed E-state index contributed by atoms with van der Waals surface area (Å²) in [6, 6.07) is 9.42. The average molecular weight is 355 g/mol. The van der Waals surface area contributed by atoms with Crippen molar-refractivity contribution in [3.63, 3.8) is 0 Å². The molecule has 0 bridgehead atoms. The number of hydrogen-bond acceptors (Lipinski definition) is 5. The number of rotatable bonds is 6. The molecular formula is C20H25N3O3. The Hall–Kier alpha value is -2.76. The van der Waals surface area contributed by atoms with Gasteiger partial charge in [0.05, 0.1) is 19.8 Å². The second-order valence-corrected chi connectivity index (χ2v) is 6.44. The van der Waals surface area contributed by atoms with Crippen molar-refractivity contribution in [2.45, 2.75) is 38.1 Å². The lowest BCUT2D eigenvalue weighted by atomic mass is 9.95. The Labute approximate surface area is 153 Å². The number of anilines is 2. The number of nitrogens with zero attached hydrogens (tertiary/aromatic N) is 1. The van der Waals surface area contributed by atoms with Crippen LogP contribution >= 0.6 is 0 Å². The molecule has 6 heteroatoms. The zero-order chi connectivity index (χ0) is 18.4. The fourth-order valence-electron chi connectivity index (χ4n) is 3.18. The van der Waals surface area contributed by atoms with Crippen LogP contribution in [-0.2, 0) is 0 Å². The highest BCUT2D eigenvalue weighted by Crippen LogP contribution is 2.30. The van der Waals surface area contributed by atoms with Crippen LogP contribution in [0.4, 0.5) is 11.5 Å². The van der Waals surface area contributed by atoms with E-state index < -0.39 is 0 Å². The Kier molecular flexibility index (Phi) is 5.94. The van der Waals surface area contributed by atoms with Crippen LogP contribution in [0.25, 0.3) is 0 Å². The van der Waals surface area contributed by atoms with Crippen molar-refractivity contribution in [2.75, 3.05) is 19.5 Å². The monoisotopic (exact) mass is 355 g/mol. The van der Waals surface area contributed by atoms with Crippen molar-refractivity contribution in [2.24, 2.45) is 0 Å². The maximum Gasteiger partial charge on any atom is 0.253 e. The Morgan fingerprint density at radius 2 is 1.81 bits per heavy atom. The van der Waals surface area contributed by atoms with E-state index in [4.69, 9.17) is 9.47 Å². The van der Waals surface area contributed by atoms with Gasteiger partial charge in [0.25, 0.3) is 5.91 Å². The Bertz CT molecular complexity index is 740. The van der Waals surface area contributed by atoms with Crippen LogP contribution in [-0.4, -0.2) is 31.2 Å². The van der Waals surface area contributed by atoms with Gasteiger partial charge in [-0.25, -0.2) is 4.98 Å². The molecular weight excluding hydrogens is 330 g/mol. The maximum absolute atomic E-state index is 12.3. The number of benzene rings is 1. The predicted molar refractivity (Wildman–Crippen MR) is 101 cm³/mol. The van der Waals surface area contributed by atoms with Gasteiger partial charge in [-0.3, -0.25) is 4.79 Å². The number of carbonyl (C=O) groups is 1. The van der Waals surface area contributed by atoms with Crippen LogP contribution in [0.15, 0.2) is 36.5 Å². The number of carbonyl (C=O) groups excluding carboxylic acids is 1. The fourth-order valence-corrected chi connectivity index (χ4v) is 3.18. The minimum absolute atomic E-state index is 0.0536. The van der Waals surface area contributed by atoms with E-state index in [1.807, 2.05) is 18.2 Å². The highest BCUT2D eigenvalue weighted by Gasteiger charge is 2.16. The molecule has 0 atom stereocenters. The summed E-state index contributed by atoms with van der Waals surface area (Å²) in [6.45, 7) is 0. The van der Waals surface area contributed by atoms with Crippen molar-refractivity contribution in [3.05, 3.63) is 42.1 Å². The number of amides is 1. The van der Waals surface area contributed by atoms with Gasteiger partial charge < -0.3 is 20.1 Å².